The standard InChI is InChI=1S/C23H17ClF3N3O5/c1-11(19(23(25,26)27)12-3-6-18-17(7-12)30(2)22(33)35-18)15-5-4-14(8-16(15)24)34-21-28-9-13(10-29-21)20(31)32/h3-11,19H,1-2H3,(H,31,32). The van der Waals surface area contributed by atoms with Gasteiger partial charge < -0.3 is 14.3 Å². The van der Waals surface area contributed by atoms with Crippen molar-refractivity contribution in [3.8, 4) is 11.8 Å². The Morgan fingerprint density at radius 1 is 1.17 bits per heavy atom. The van der Waals surface area contributed by atoms with E-state index in [0.717, 1.165) is 17.0 Å². The van der Waals surface area contributed by atoms with Crippen LogP contribution in [-0.4, -0.2) is 31.8 Å². The fourth-order valence-corrected chi connectivity index (χ4v) is 4.15. The van der Waals surface area contributed by atoms with Crippen LogP contribution in [0.3, 0.4) is 0 Å². The molecule has 2 atom stereocenters. The molecule has 35 heavy (non-hydrogen) atoms. The number of carboxylic acid groups (broad SMARTS) is 1. The predicted octanol–water partition coefficient (Wildman–Crippen LogP) is 5.52. The van der Waals surface area contributed by atoms with Crippen LogP contribution >= 0.6 is 11.6 Å². The van der Waals surface area contributed by atoms with Gasteiger partial charge in [-0.15, -0.1) is 0 Å². The van der Waals surface area contributed by atoms with Gasteiger partial charge in [-0.3, -0.25) is 4.57 Å². The summed E-state index contributed by atoms with van der Waals surface area (Å²) < 4.78 is 54.2. The smallest absolute Gasteiger partial charge is 0.419 e. The summed E-state index contributed by atoms with van der Waals surface area (Å²) >= 11 is 6.34. The number of carboxylic acids is 1. The molecule has 2 unspecified atom stereocenters. The summed E-state index contributed by atoms with van der Waals surface area (Å²) in [7, 11) is 1.42. The minimum Gasteiger partial charge on any atom is -0.478 e. The lowest BCUT2D eigenvalue weighted by Crippen LogP contribution is -2.26. The third-order valence-corrected chi connectivity index (χ3v) is 5.90. The summed E-state index contributed by atoms with van der Waals surface area (Å²) in [5.74, 6) is -4.73. The van der Waals surface area contributed by atoms with E-state index in [2.05, 4.69) is 9.97 Å². The zero-order chi connectivity index (χ0) is 25.5. The number of carbonyl (C=O) groups is 1. The van der Waals surface area contributed by atoms with Gasteiger partial charge in [0.15, 0.2) is 5.58 Å². The third kappa shape index (κ3) is 4.85. The van der Waals surface area contributed by atoms with E-state index in [-0.39, 0.29) is 44.6 Å². The summed E-state index contributed by atoms with van der Waals surface area (Å²) in [5.41, 5.74) is 0.485. The predicted molar refractivity (Wildman–Crippen MR) is 119 cm³/mol. The van der Waals surface area contributed by atoms with Crippen LogP contribution in [0.5, 0.6) is 11.8 Å². The van der Waals surface area contributed by atoms with Crippen LogP contribution < -0.4 is 10.5 Å². The molecular formula is C23H17ClF3N3O5. The number of hydrogen-bond acceptors (Lipinski definition) is 6. The van der Waals surface area contributed by atoms with Crippen molar-refractivity contribution in [2.24, 2.45) is 7.05 Å². The first-order valence-corrected chi connectivity index (χ1v) is 10.5. The number of rotatable bonds is 6. The van der Waals surface area contributed by atoms with Crippen LogP contribution in [0.1, 0.15) is 40.2 Å². The molecule has 182 valence electrons. The van der Waals surface area contributed by atoms with Crippen LogP contribution in [0.2, 0.25) is 5.02 Å². The van der Waals surface area contributed by atoms with E-state index in [0.29, 0.717) is 0 Å². The maximum atomic E-state index is 14.2. The number of oxazole rings is 1. The largest absolute Gasteiger partial charge is 0.478 e. The zero-order valence-corrected chi connectivity index (χ0v) is 19.0. The lowest BCUT2D eigenvalue weighted by Gasteiger charge is -2.28. The Labute approximate surface area is 200 Å². The molecule has 0 aliphatic rings. The molecule has 4 aromatic rings. The van der Waals surface area contributed by atoms with Crippen LogP contribution in [0.25, 0.3) is 11.1 Å². The highest BCUT2D eigenvalue weighted by Gasteiger charge is 2.45. The number of fused-ring (bicyclic) bond motifs is 1. The molecule has 0 spiro atoms. The van der Waals surface area contributed by atoms with Gasteiger partial charge in [-0.2, -0.15) is 13.2 Å². The number of aromatic nitrogens is 3. The molecule has 8 nitrogen and oxygen atoms in total. The van der Waals surface area contributed by atoms with E-state index >= 15 is 0 Å². The molecule has 0 saturated carbocycles. The van der Waals surface area contributed by atoms with E-state index in [1.165, 1.54) is 50.4 Å². The highest BCUT2D eigenvalue weighted by molar-refractivity contribution is 6.31. The van der Waals surface area contributed by atoms with E-state index in [1.54, 1.807) is 0 Å². The minimum atomic E-state index is -4.62. The molecule has 4 rings (SSSR count). The van der Waals surface area contributed by atoms with Gasteiger partial charge in [-0.05, 0) is 41.3 Å². The molecule has 0 fully saturated rings. The number of nitrogens with zero attached hydrogens (tertiary/aromatic N) is 3. The Bertz CT molecular complexity index is 1460. The molecule has 2 aromatic heterocycles. The Balaban J connectivity index is 1.65. The molecule has 0 saturated heterocycles. The number of aromatic carboxylic acids is 1. The second-order valence-corrected chi connectivity index (χ2v) is 8.21. The van der Waals surface area contributed by atoms with E-state index in [4.69, 9.17) is 25.9 Å². The van der Waals surface area contributed by atoms with Crippen molar-refractivity contribution >= 4 is 28.7 Å². The maximum absolute atomic E-state index is 14.2. The van der Waals surface area contributed by atoms with Gasteiger partial charge in [0.05, 0.1) is 17.0 Å². The summed E-state index contributed by atoms with van der Waals surface area (Å²) in [6.07, 6.45) is -2.50. The Hall–Kier alpha value is -3.86. The molecule has 0 aliphatic heterocycles. The van der Waals surface area contributed by atoms with E-state index in [9.17, 15) is 22.8 Å². The van der Waals surface area contributed by atoms with Crippen LogP contribution in [0.4, 0.5) is 13.2 Å². The number of ether oxygens (including phenoxy) is 1. The van der Waals surface area contributed by atoms with Gasteiger partial charge in [0, 0.05) is 24.5 Å². The SMILES string of the molecule is CC(c1ccc(Oc2ncc(C(=O)O)cn2)cc1Cl)C(c1ccc2oc(=O)n(C)c2c1)C(F)(F)F. The first-order valence-electron chi connectivity index (χ1n) is 10.1. The molecule has 0 bridgehead atoms. The quantitative estimate of drug-likeness (QED) is 0.366. The van der Waals surface area contributed by atoms with Crippen molar-refractivity contribution in [3.63, 3.8) is 0 Å². The number of benzene rings is 2. The van der Waals surface area contributed by atoms with Gasteiger partial charge in [-0.25, -0.2) is 19.6 Å². The lowest BCUT2D eigenvalue weighted by molar-refractivity contribution is -0.154. The molecular weight excluding hydrogens is 491 g/mol. The summed E-state index contributed by atoms with van der Waals surface area (Å²) in [6, 6.07) is 7.92. The van der Waals surface area contributed by atoms with Crippen LogP contribution in [0.15, 0.2) is 58.0 Å². The van der Waals surface area contributed by atoms with Gasteiger partial charge in [-0.1, -0.05) is 30.7 Å². The maximum Gasteiger partial charge on any atom is 0.419 e. The van der Waals surface area contributed by atoms with Crippen molar-refractivity contribution in [2.75, 3.05) is 0 Å². The number of hydrogen-bond donors (Lipinski definition) is 1. The van der Waals surface area contributed by atoms with Gasteiger partial charge in [0.1, 0.15) is 5.75 Å². The highest BCUT2D eigenvalue weighted by atomic mass is 35.5. The molecule has 2 heterocycles. The summed E-state index contributed by atoms with van der Waals surface area (Å²) in [5, 5.41) is 8.93. The average Bonchev–Trinajstić information content (AvgIpc) is 3.06. The molecule has 1 N–H and O–H groups in total. The fraction of sp³-hybridized carbons (Fsp3) is 0.217. The van der Waals surface area contributed by atoms with Gasteiger partial charge in [0.25, 0.3) is 0 Å². The number of halogens is 4. The van der Waals surface area contributed by atoms with E-state index < -0.39 is 29.7 Å². The monoisotopic (exact) mass is 507 g/mol. The van der Waals surface area contributed by atoms with Gasteiger partial charge >= 0.3 is 23.9 Å². The summed E-state index contributed by atoms with van der Waals surface area (Å²) in [4.78, 5) is 30.2. The first kappa shape index (κ1) is 24.3. The summed E-state index contributed by atoms with van der Waals surface area (Å²) in [6.45, 7) is 1.41. The second-order valence-electron chi connectivity index (χ2n) is 7.81. The fourth-order valence-electron chi connectivity index (χ4n) is 3.80. The van der Waals surface area contributed by atoms with Gasteiger partial charge in [0.2, 0.25) is 0 Å². The molecule has 0 radical (unpaired) electrons. The van der Waals surface area contributed by atoms with Crippen LogP contribution in [0, 0.1) is 0 Å². The number of aryl methyl sites for hydroxylation is 1. The van der Waals surface area contributed by atoms with Crippen molar-refractivity contribution in [2.45, 2.75) is 24.9 Å². The molecule has 0 amide bonds. The highest BCUT2D eigenvalue weighted by Crippen LogP contribution is 2.47. The lowest BCUT2D eigenvalue weighted by atomic mass is 9.82. The second kappa shape index (κ2) is 9.06. The molecule has 2 aromatic carbocycles. The van der Waals surface area contributed by atoms with Crippen molar-refractivity contribution in [1.29, 1.82) is 0 Å². The van der Waals surface area contributed by atoms with E-state index in [1.807, 2.05) is 0 Å². The average molecular weight is 508 g/mol. The minimum absolute atomic E-state index is 0.0307. The topological polar surface area (TPSA) is 107 Å². The Morgan fingerprint density at radius 2 is 1.86 bits per heavy atom. The third-order valence-electron chi connectivity index (χ3n) is 5.57. The molecule has 12 heteroatoms. The zero-order valence-electron chi connectivity index (χ0n) is 18.2. The first-order chi connectivity index (χ1) is 16.5. The normalized spacial score (nSPS) is 13.5. The van der Waals surface area contributed by atoms with Crippen molar-refractivity contribution < 1.29 is 32.2 Å². The molecule has 0 aliphatic carbocycles. The van der Waals surface area contributed by atoms with Crippen molar-refractivity contribution in [3.05, 3.63) is 81.1 Å². The Morgan fingerprint density at radius 3 is 2.46 bits per heavy atom. The number of alkyl halides is 3. The van der Waals surface area contributed by atoms with Crippen molar-refractivity contribution in [1.82, 2.24) is 14.5 Å². The van der Waals surface area contributed by atoms with Crippen LogP contribution in [-0.2, 0) is 7.05 Å². The Kier molecular flexibility index (Phi) is 6.28.